The molecular formula is C23H19ClN2O2S. The fourth-order valence-electron chi connectivity index (χ4n) is 2.48. The van der Waals surface area contributed by atoms with Gasteiger partial charge < -0.3 is 10.1 Å². The number of halogens is 1. The Morgan fingerprint density at radius 3 is 2.41 bits per heavy atom. The van der Waals surface area contributed by atoms with E-state index in [-0.39, 0.29) is 11.0 Å². The molecule has 3 rings (SSSR count). The minimum absolute atomic E-state index is 0.187. The van der Waals surface area contributed by atoms with E-state index < -0.39 is 0 Å². The van der Waals surface area contributed by atoms with Crippen molar-refractivity contribution in [3.05, 3.63) is 101 Å². The molecule has 4 nitrogen and oxygen atoms in total. The molecule has 0 saturated heterocycles. The summed E-state index contributed by atoms with van der Waals surface area (Å²) in [6, 6.07) is 24.5. The van der Waals surface area contributed by atoms with E-state index >= 15 is 0 Å². The molecule has 3 aromatic carbocycles. The second-order valence-electron chi connectivity index (χ2n) is 6.10. The fraction of sp³-hybridized carbons (Fsp3) is 0.0435. The van der Waals surface area contributed by atoms with Gasteiger partial charge in [0.1, 0.15) is 12.4 Å². The van der Waals surface area contributed by atoms with Gasteiger partial charge in [-0.1, -0.05) is 66.2 Å². The standard InChI is InChI=1S/C23H19ClN2O2S/c24-19-13-10-17(11-14-19)12-15-22(27)26-23(29)25-20-8-4-5-9-21(20)28-16-18-6-2-1-3-7-18/h1-15H,16H2,(H2,25,26,27,29)/b15-12+. The van der Waals surface area contributed by atoms with Gasteiger partial charge >= 0.3 is 0 Å². The van der Waals surface area contributed by atoms with E-state index in [9.17, 15) is 4.79 Å². The van der Waals surface area contributed by atoms with Gasteiger partial charge in [0.2, 0.25) is 5.91 Å². The molecule has 0 fully saturated rings. The smallest absolute Gasteiger partial charge is 0.250 e. The summed E-state index contributed by atoms with van der Waals surface area (Å²) in [5, 5.41) is 6.46. The summed E-state index contributed by atoms with van der Waals surface area (Å²) in [4.78, 5) is 12.1. The Kier molecular flexibility index (Phi) is 7.39. The number of ether oxygens (including phenoxy) is 1. The number of carbonyl (C=O) groups excluding carboxylic acids is 1. The lowest BCUT2D eigenvalue weighted by molar-refractivity contribution is -0.115. The predicted octanol–water partition coefficient (Wildman–Crippen LogP) is 5.45. The van der Waals surface area contributed by atoms with Crippen LogP contribution >= 0.6 is 23.8 Å². The molecule has 0 saturated carbocycles. The molecule has 0 unspecified atom stereocenters. The van der Waals surface area contributed by atoms with Crippen LogP contribution in [0.4, 0.5) is 5.69 Å². The van der Waals surface area contributed by atoms with Crippen LogP contribution in [0.25, 0.3) is 6.08 Å². The number of rotatable bonds is 6. The summed E-state index contributed by atoms with van der Waals surface area (Å²) in [6.07, 6.45) is 3.10. The Hall–Kier alpha value is -3.15. The summed E-state index contributed by atoms with van der Waals surface area (Å²) in [5.41, 5.74) is 2.60. The van der Waals surface area contributed by atoms with E-state index in [1.165, 1.54) is 6.08 Å². The third kappa shape index (κ3) is 6.75. The maximum atomic E-state index is 12.1. The highest BCUT2D eigenvalue weighted by atomic mass is 35.5. The molecule has 0 aliphatic rings. The van der Waals surface area contributed by atoms with E-state index in [2.05, 4.69) is 10.6 Å². The molecule has 146 valence electrons. The van der Waals surface area contributed by atoms with Crippen molar-refractivity contribution >= 4 is 46.6 Å². The summed E-state index contributed by atoms with van der Waals surface area (Å²) < 4.78 is 5.88. The summed E-state index contributed by atoms with van der Waals surface area (Å²) in [6.45, 7) is 0.433. The maximum Gasteiger partial charge on any atom is 0.250 e. The van der Waals surface area contributed by atoms with Gasteiger partial charge in [-0.2, -0.15) is 0 Å². The Morgan fingerprint density at radius 1 is 0.966 bits per heavy atom. The van der Waals surface area contributed by atoms with E-state index in [0.717, 1.165) is 11.1 Å². The average Bonchev–Trinajstić information content (AvgIpc) is 2.73. The van der Waals surface area contributed by atoms with Crippen molar-refractivity contribution in [1.82, 2.24) is 5.32 Å². The van der Waals surface area contributed by atoms with E-state index in [1.807, 2.05) is 66.7 Å². The normalized spacial score (nSPS) is 10.5. The summed E-state index contributed by atoms with van der Waals surface area (Å²) in [7, 11) is 0. The first-order chi connectivity index (χ1) is 14.1. The molecule has 0 aliphatic heterocycles. The monoisotopic (exact) mass is 422 g/mol. The lowest BCUT2D eigenvalue weighted by Gasteiger charge is -2.14. The molecule has 0 heterocycles. The Morgan fingerprint density at radius 2 is 1.66 bits per heavy atom. The Balaban J connectivity index is 1.56. The maximum absolute atomic E-state index is 12.1. The van der Waals surface area contributed by atoms with E-state index in [0.29, 0.717) is 23.1 Å². The number of anilines is 1. The van der Waals surface area contributed by atoms with Gasteiger partial charge in [-0.05, 0) is 53.7 Å². The number of amides is 1. The molecule has 0 radical (unpaired) electrons. The van der Waals surface area contributed by atoms with Crippen molar-refractivity contribution in [3.63, 3.8) is 0 Å². The average molecular weight is 423 g/mol. The lowest BCUT2D eigenvalue weighted by atomic mass is 10.2. The number of nitrogens with one attached hydrogen (secondary N) is 2. The van der Waals surface area contributed by atoms with Gasteiger partial charge in [0.25, 0.3) is 0 Å². The first-order valence-corrected chi connectivity index (χ1v) is 9.70. The molecule has 0 atom stereocenters. The van der Waals surface area contributed by atoms with Crippen molar-refractivity contribution in [1.29, 1.82) is 0 Å². The summed E-state index contributed by atoms with van der Waals surface area (Å²) >= 11 is 11.1. The van der Waals surface area contributed by atoms with Gasteiger partial charge in [0.05, 0.1) is 5.69 Å². The highest BCUT2D eigenvalue weighted by molar-refractivity contribution is 7.80. The molecule has 0 aromatic heterocycles. The van der Waals surface area contributed by atoms with E-state index in [4.69, 9.17) is 28.6 Å². The molecule has 6 heteroatoms. The third-order valence-electron chi connectivity index (χ3n) is 3.91. The summed E-state index contributed by atoms with van der Waals surface area (Å²) in [5.74, 6) is 0.310. The number of benzene rings is 3. The number of para-hydroxylation sites is 2. The lowest BCUT2D eigenvalue weighted by Crippen LogP contribution is -2.32. The van der Waals surface area contributed by atoms with Crippen LogP contribution in [-0.2, 0) is 11.4 Å². The second-order valence-corrected chi connectivity index (χ2v) is 6.94. The number of hydrogen-bond acceptors (Lipinski definition) is 3. The molecule has 0 aliphatic carbocycles. The number of carbonyl (C=O) groups is 1. The highest BCUT2D eigenvalue weighted by Crippen LogP contribution is 2.24. The third-order valence-corrected chi connectivity index (χ3v) is 4.36. The number of thiocarbonyl (C=S) groups is 1. The Bertz CT molecular complexity index is 1000. The van der Waals surface area contributed by atoms with Crippen LogP contribution in [-0.4, -0.2) is 11.0 Å². The van der Waals surface area contributed by atoms with Gasteiger partial charge in [-0.15, -0.1) is 0 Å². The van der Waals surface area contributed by atoms with Crippen molar-refractivity contribution in [2.24, 2.45) is 0 Å². The van der Waals surface area contributed by atoms with Crippen molar-refractivity contribution < 1.29 is 9.53 Å². The molecule has 0 spiro atoms. The first kappa shape index (κ1) is 20.6. The van der Waals surface area contributed by atoms with Crippen LogP contribution in [0.15, 0.2) is 84.9 Å². The highest BCUT2D eigenvalue weighted by Gasteiger charge is 2.07. The molecule has 3 aromatic rings. The minimum Gasteiger partial charge on any atom is -0.487 e. The van der Waals surface area contributed by atoms with Crippen LogP contribution in [0.3, 0.4) is 0 Å². The van der Waals surface area contributed by atoms with Crippen molar-refractivity contribution in [2.75, 3.05) is 5.32 Å². The Labute approximate surface area is 180 Å². The molecule has 29 heavy (non-hydrogen) atoms. The zero-order valence-electron chi connectivity index (χ0n) is 15.5. The van der Waals surface area contributed by atoms with Crippen LogP contribution < -0.4 is 15.4 Å². The zero-order valence-corrected chi connectivity index (χ0v) is 17.0. The largest absolute Gasteiger partial charge is 0.487 e. The van der Waals surface area contributed by atoms with Gasteiger partial charge in [-0.25, -0.2) is 0 Å². The second kappa shape index (κ2) is 10.4. The molecule has 2 N–H and O–H groups in total. The fourth-order valence-corrected chi connectivity index (χ4v) is 2.82. The van der Waals surface area contributed by atoms with Gasteiger partial charge in [-0.3, -0.25) is 10.1 Å². The van der Waals surface area contributed by atoms with Crippen LogP contribution in [0.1, 0.15) is 11.1 Å². The van der Waals surface area contributed by atoms with Gasteiger partial charge in [0, 0.05) is 11.1 Å². The predicted molar refractivity (Wildman–Crippen MR) is 122 cm³/mol. The van der Waals surface area contributed by atoms with Crippen LogP contribution in [0.2, 0.25) is 5.02 Å². The van der Waals surface area contributed by atoms with Gasteiger partial charge in [0.15, 0.2) is 5.11 Å². The van der Waals surface area contributed by atoms with Crippen LogP contribution in [0, 0.1) is 0 Å². The first-order valence-electron chi connectivity index (χ1n) is 8.91. The topological polar surface area (TPSA) is 50.4 Å². The van der Waals surface area contributed by atoms with Crippen molar-refractivity contribution in [2.45, 2.75) is 6.61 Å². The number of hydrogen-bond donors (Lipinski definition) is 2. The molecule has 0 bridgehead atoms. The van der Waals surface area contributed by atoms with Crippen molar-refractivity contribution in [3.8, 4) is 5.75 Å². The zero-order chi connectivity index (χ0) is 20.5. The molecular weight excluding hydrogens is 404 g/mol. The molecule has 1 amide bonds. The minimum atomic E-state index is -0.333. The quantitative estimate of drug-likeness (QED) is 0.410. The SMILES string of the molecule is O=C(/C=C/c1ccc(Cl)cc1)NC(=S)Nc1ccccc1OCc1ccccc1. The van der Waals surface area contributed by atoms with Crippen LogP contribution in [0.5, 0.6) is 5.75 Å². The van der Waals surface area contributed by atoms with E-state index in [1.54, 1.807) is 18.2 Å².